The van der Waals surface area contributed by atoms with Gasteiger partial charge in [0.25, 0.3) is 5.91 Å². The predicted molar refractivity (Wildman–Crippen MR) is 103 cm³/mol. The number of ether oxygens (including phenoxy) is 1. The van der Waals surface area contributed by atoms with Crippen molar-refractivity contribution in [1.82, 2.24) is 20.0 Å². The minimum Gasteiger partial charge on any atom is -0.497 e. The van der Waals surface area contributed by atoms with Gasteiger partial charge in [-0.05, 0) is 44.9 Å². The first-order valence-electron chi connectivity index (χ1n) is 9.28. The van der Waals surface area contributed by atoms with Crippen LogP contribution in [0.2, 0.25) is 0 Å². The first kappa shape index (κ1) is 18.2. The fourth-order valence-electron chi connectivity index (χ4n) is 3.75. The summed E-state index contributed by atoms with van der Waals surface area (Å²) in [6.07, 6.45) is 5.23. The van der Waals surface area contributed by atoms with E-state index in [0.29, 0.717) is 23.6 Å². The van der Waals surface area contributed by atoms with Crippen LogP contribution < -0.4 is 4.74 Å². The summed E-state index contributed by atoms with van der Waals surface area (Å²) >= 11 is 0. The van der Waals surface area contributed by atoms with Gasteiger partial charge in [0.1, 0.15) is 11.5 Å². The molecule has 0 spiro atoms. The molecule has 0 N–H and O–H groups in total. The van der Waals surface area contributed by atoms with Crippen molar-refractivity contribution in [2.24, 2.45) is 0 Å². The number of aromatic nitrogens is 3. The van der Waals surface area contributed by atoms with Gasteiger partial charge < -0.3 is 14.2 Å². The van der Waals surface area contributed by atoms with Crippen molar-refractivity contribution in [3.8, 4) is 17.0 Å². The van der Waals surface area contributed by atoms with Crippen molar-refractivity contribution in [3.63, 3.8) is 0 Å². The van der Waals surface area contributed by atoms with Crippen LogP contribution >= 0.6 is 0 Å². The number of aryl methyl sites for hydroxylation is 2. The summed E-state index contributed by atoms with van der Waals surface area (Å²) in [5.74, 6) is 1.35. The highest BCUT2D eigenvalue weighted by Crippen LogP contribution is 2.34. The van der Waals surface area contributed by atoms with E-state index in [9.17, 15) is 4.79 Å². The molecule has 1 unspecified atom stereocenters. The molecule has 1 saturated heterocycles. The van der Waals surface area contributed by atoms with Gasteiger partial charge in [0.05, 0.1) is 48.2 Å². The third kappa shape index (κ3) is 3.24. The number of hydrogen-bond acceptors (Lipinski definition) is 6. The van der Waals surface area contributed by atoms with Crippen LogP contribution in [0.1, 0.15) is 46.4 Å². The second-order valence-corrected chi connectivity index (χ2v) is 6.92. The molecule has 4 rings (SSSR count). The first-order chi connectivity index (χ1) is 13.6. The van der Waals surface area contributed by atoms with Gasteiger partial charge in [-0.1, -0.05) is 11.2 Å². The van der Waals surface area contributed by atoms with Crippen molar-refractivity contribution in [2.75, 3.05) is 13.7 Å². The Hall–Kier alpha value is -3.22. The van der Waals surface area contributed by atoms with Gasteiger partial charge in [-0.3, -0.25) is 9.78 Å². The lowest BCUT2D eigenvalue weighted by molar-refractivity contribution is 0.0732. The monoisotopic (exact) mass is 378 g/mol. The number of carbonyl (C=O) groups is 1. The normalized spacial score (nSPS) is 16.4. The summed E-state index contributed by atoms with van der Waals surface area (Å²) in [6, 6.07) is 7.13. The minimum absolute atomic E-state index is 0.0223. The molecule has 3 aromatic rings. The molecule has 1 fully saturated rings. The molecule has 0 radical (unpaired) electrons. The lowest BCUT2D eigenvalue weighted by atomic mass is 10.1. The van der Waals surface area contributed by atoms with Gasteiger partial charge in [-0.15, -0.1) is 0 Å². The lowest BCUT2D eigenvalue weighted by Crippen LogP contribution is -2.31. The van der Waals surface area contributed by atoms with Crippen molar-refractivity contribution >= 4 is 5.91 Å². The van der Waals surface area contributed by atoms with Crippen molar-refractivity contribution in [1.29, 1.82) is 0 Å². The van der Waals surface area contributed by atoms with Gasteiger partial charge in [0.2, 0.25) is 0 Å². The van der Waals surface area contributed by atoms with Crippen molar-refractivity contribution in [2.45, 2.75) is 32.7 Å². The maximum atomic E-state index is 13.1. The third-order valence-electron chi connectivity index (χ3n) is 5.11. The van der Waals surface area contributed by atoms with E-state index in [1.807, 2.05) is 36.9 Å². The van der Waals surface area contributed by atoms with E-state index < -0.39 is 0 Å². The number of methoxy groups -OCH3 is 1. The fraction of sp³-hybridized carbons (Fsp3) is 0.333. The van der Waals surface area contributed by atoms with E-state index in [0.717, 1.165) is 35.5 Å². The van der Waals surface area contributed by atoms with E-state index in [2.05, 4.69) is 10.1 Å². The SMILES string of the molecule is COc1cccc(C(=O)N2CCCC2c2cncc(-c3c(C)noc3C)n2)c1. The largest absolute Gasteiger partial charge is 0.497 e. The molecule has 144 valence electrons. The van der Waals surface area contributed by atoms with Gasteiger partial charge >= 0.3 is 0 Å². The quantitative estimate of drug-likeness (QED) is 0.688. The number of carbonyl (C=O) groups excluding carboxylic acids is 1. The van der Waals surface area contributed by atoms with Crippen LogP contribution in [-0.4, -0.2) is 39.6 Å². The summed E-state index contributed by atoms with van der Waals surface area (Å²) in [6.45, 7) is 4.43. The summed E-state index contributed by atoms with van der Waals surface area (Å²) in [7, 11) is 1.60. The Morgan fingerprint density at radius 1 is 1.29 bits per heavy atom. The van der Waals surface area contributed by atoms with Crippen LogP contribution in [0, 0.1) is 13.8 Å². The van der Waals surface area contributed by atoms with Gasteiger partial charge in [0.15, 0.2) is 0 Å². The molecule has 0 bridgehead atoms. The standard InChI is InChI=1S/C21H22N4O3/c1-13-20(14(2)28-24-13)18-12-22-11-17(23-18)19-8-5-9-25(19)21(26)15-6-4-7-16(10-15)27-3/h4,6-7,10-12,19H,5,8-9H2,1-3H3. The van der Waals surface area contributed by atoms with Crippen molar-refractivity contribution in [3.05, 3.63) is 59.4 Å². The molecule has 1 aliphatic rings. The predicted octanol–water partition coefficient (Wildman–Crippen LogP) is 3.73. The zero-order chi connectivity index (χ0) is 19.7. The molecule has 7 heteroatoms. The molecular formula is C21H22N4O3. The Bertz CT molecular complexity index is 995. The molecule has 1 amide bonds. The van der Waals surface area contributed by atoms with Crippen LogP contribution in [0.15, 0.2) is 41.2 Å². The molecule has 28 heavy (non-hydrogen) atoms. The van der Waals surface area contributed by atoms with E-state index in [4.69, 9.17) is 14.2 Å². The van der Waals surface area contributed by atoms with E-state index >= 15 is 0 Å². The second-order valence-electron chi connectivity index (χ2n) is 6.92. The van der Waals surface area contributed by atoms with E-state index in [-0.39, 0.29) is 11.9 Å². The van der Waals surface area contributed by atoms with Gasteiger partial charge in [0, 0.05) is 12.1 Å². The summed E-state index contributed by atoms with van der Waals surface area (Å²) in [5, 5.41) is 4.00. The second kappa shape index (κ2) is 7.42. The Balaban J connectivity index is 1.65. The Kier molecular flexibility index (Phi) is 4.81. The lowest BCUT2D eigenvalue weighted by Gasteiger charge is -2.24. The van der Waals surface area contributed by atoms with E-state index in [1.54, 1.807) is 25.6 Å². The highest BCUT2D eigenvalue weighted by molar-refractivity contribution is 5.95. The smallest absolute Gasteiger partial charge is 0.254 e. The Morgan fingerprint density at radius 3 is 2.89 bits per heavy atom. The zero-order valence-corrected chi connectivity index (χ0v) is 16.2. The van der Waals surface area contributed by atoms with Crippen LogP contribution in [0.3, 0.4) is 0 Å². The summed E-state index contributed by atoms with van der Waals surface area (Å²) in [5.41, 5.74) is 3.75. The maximum absolute atomic E-state index is 13.1. The highest BCUT2D eigenvalue weighted by atomic mass is 16.5. The highest BCUT2D eigenvalue weighted by Gasteiger charge is 2.32. The topological polar surface area (TPSA) is 81.4 Å². The molecule has 0 saturated carbocycles. The average molecular weight is 378 g/mol. The number of rotatable bonds is 4. The van der Waals surface area contributed by atoms with Crippen molar-refractivity contribution < 1.29 is 14.1 Å². The summed E-state index contributed by atoms with van der Waals surface area (Å²) in [4.78, 5) is 24.2. The Morgan fingerprint density at radius 2 is 2.14 bits per heavy atom. The van der Waals surface area contributed by atoms with Crippen LogP contribution in [-0.2, 0) is 0 Å². The zero-order valence-electron chi connectivity index (χ0n) is 16.2. The molecule has 7 nitrogen and oxygen atoms in total. The summed E-state index contributed by atoms with van der Waals surface area (Å²) < 4.78 is 10.5. The molecule has 1 atom stereocenters. The number of nitrogens with zero attached hydrogens (tertiary/aromatic N) is 4. The molecule has 2 aromatic heterocycles. The molecular weight excluding hydrogens is 356 g/mol. The van der Waals surface area contributed by atoms with Gasteiger partial charge in [-0.2, -0.15) is 0 Å². The fourth-order valence-corrected chi connectivity index (χ4v) is 3.75. The Labute approximate surface area is 163 Å². The van der Waals surface area contributed by atoms with Crippen LogP contribution in [0.4, 0.5) is 0 Å². The van der Waals surface area contributed by atoms with Gasteiger partial charge in [-0.25, -0.2) is 4.98 Å². The van der Waals surface area contributed by atoms with Crippen LogP contribution in [0.25, 0.3) is 11.3 Å². The number of likely N-dealkylation sites (tertiary alicyclic amines) is 1. The molecule has 0 aliphatic carbocycles. The third-order valence-corrected chi connectivity index (χ3v) is 5.11. The number of benzene rings is 1. The molecule has 1 aromatic carbocycles. The van der Waals surface area contributed by atoms with Crippen LogP contribution in [0.5, 0.6) is 5.75 Å². The molecule has 3 heterocycles. The minimum atomic E-state index is -0.105. The molecule has 1 aliphatic heterocycles. The number of hydrogen-bond donors (Lipinski definition) is 0. The maximum Gasteiger partial charge on any atom is 0.254 e. The number of amides is 1. The van der Waals surface area contributed by atoms with E-state index in [1.165, 1.54) is 0 Å². The average Bonchev–Trinajstić information content (AvgIpc) is 3.34. The first-order valence-corrected chi connectivity index (χ1v) is 9.28.